The van der Waals surface area contributed by atoms with Crippen molar-refractivity contribution < 1.29 is 9.13 Å². The molecule has 182 valence electrons. The Morgan fingerprint density at radius 3 is 2.55 bits per heavy atom. The molecule has 1 unspecified atom stereocenters. The summed E-state index contributed by atoms with van der Waals surface area (Å²) in [6, 6.07) is 0.186. The largest absolute Gasteiger partial charge is 0.478 e. The Hall–Kier alpha value is -3.37. The van der Waals surface area contributed by atoms with Gasteiger partial charge in [-0.3, -0.25) is 4.68 Å². The minimum absolute atomic E-state index is 0.186. The van der Waals surface area contributed by atoms with Gasteiger partial charge in [0.2, 0.25) is 5.95 Å². The Bertz CT molecular complexity index is 1060. The first-order valence-electron chi connectivity index (χ1n) is 11.1. The molecule has 1 aliphatic rings. The first-order chi connectivity index (χ1) is 15.7. The zero-order valence-electron chi connectivity index (χ0n) is 20.6. The third kappa shape index (κ3) is 6.33. The van der Waals surface area contributed by atoms with Crippen molar-refractivity contribution in [3.63, 3.8) is 0 Å². The molecule has 1 saturated heterocycles. The number of hydrogen-bond donors (Lipinski definition) is 2. The number of nitrogens with one attached hydrogen (secondary N) is 1. The number of nitrogens with zero attached hydrogens (tertiary/aromatic N) is 7. The van der Waals surface area contributed by atoms with Gasteiger partial charge < -0.3 is 25.3 Å². The average Bonchev–Trinajstić information content (AvgIpc) is 3.47. The van der Waals surface area contributed by atoms with Crippen LogP contribution in [0.2, 0.25) is 0 Å². The van der Waals surface area contributed by atoms with Gasteiger partial charge in [0.15, 0.2) is 17.0 Å². The molecule has 4 heterocycles. The molecule has 10 nitrogen and oxygen atoms in total. The van der Waals surface area contributed by atoms with E-state index in [2.05, 4.69) is 45.8 Å². The highest BCUT2D eigenvalue weighted by molar-refractivity contribution is 5.87. The van der Waals surface area contributed by atoms with E-state index < -0.39 is 6.17 Å². The van der Waals surface area contributed by atoms with Gasteiger partial charge in [-0.2, -0.15) is 9.97 Å². The van der Waals surface area contributed by atoms with E-state index in [1.807, 2.05) is 30.4 Å². The fourth-order valence-electron chi connectivity index (χ4n) is 3.24. The molecule has 4 rings (SSSR count). The summed E-state index contributed by atoms with van der Waals surface area (Å²) in [4.78, 5) is 15.7. The summed E-state index contributed by atoms with van der Waals surface area (Å²) in [5.41, 5.74) is 7.62. The Morgan fingerprint density at radius 1 is 1.33 bits per heavy atom. The first kappa shape index (κ1) is 25.9. The van der Waals surface area contributed by atoms with Crippen LogP contribution in [0, 0.1) is 0 Å². The van der Waals surface area contributed by atoms with Gasteiger partial charge in [0.25, 0.3) is 5.88 Å². The molecule has 3 aromatic rings. The van der Waals surface area contributed by atoms with Crippen LogP contribution in [-0.2, 0) is 7.05 Å². The number of allylic oxidation sites excluding steroid dienone is 1. The molecule has 0 amide bonds. The first-order valence-corrected chi connectivity index (χ1v) is 11.1. The summed E-state index contributed by atoms with van der Waals surface area (Å²) < 4.78 is 22.7. The van der Waals surface area contributed by atoms with Crippen LogP contribution in [0.4, 0.5) is 21.8 Å². The molecule has 1 atom stereocenters. The molecule has 0 aliphatic carbocycles. The van der Waals surface area contributed by atoms with Crippen LogP contribution in [0.5, 0.6) is 5.88 Å². The summed E-state index contributed by atoms with van der Waals surface area (Å²) in [7, 11) is 3.38. The van der Waals surface area contributed by atoms with Gasteiger partial charge in [0, 0.05) is 19.6 Å². The van der Waals surface area contributed by atoms with Crippen LogP contribution in [-0.4, -0.2) is 55.7 Å². The number of aromatic nitrogens is 6. The lowest BCUT2D eigenvalue weighted by Crippen LogP contribution is -2.23. The van der Waals surface area contributed by atoms with Crippen molar-refractivity contribution in [2.75, 3.05) is 30.4 Å². The number of methoxy groups -OCH3 is 1. The second-order valence-corrected chi connectivity index (χ2v) is 7.82. The molecule has 0 saturated carbocycles. The monoisotopic (exact) mass is 461 g/mol. The lowest BCUT2D eigenvalue weighted by atomic mass is 10.3. The van der Waals surface area contributed by atoms with E-state index in [-0.39, 0.29) is 6.04 Å². The topological polar surface area (TPSA) is 112 Å². The van der Waals surface area contributed by atoms with Gasteiger partial charge >= 0.3 is 0 Å². The van der Waals surface area contributed by atoms with Gasteiger partial charge in [-0.05, 0) is 32.9 Å². The number of halogens is 1. The van der Waals surface area contributed by atoms with Crippen LogP contribution in [0.15, 0.2) is 24.8 Å². The number of alkyl halides is 1. The Labute approximate surface area is 194 Å². The third-order valence-corrected chi connectivity index (χ3v) is 4.62. The molecule has 0 radical (unpaired) electrons. The van der Waals surface area contributed by atoms with Crippen molar-refractivity contribution in [2.45, 2.75) is 53.3 Å². The Morgan fingerprint density at radius 2 is 2.00 bits per heavy atom. The molecular weight excluding hydrogens is 425 g/mol. The summed E-state index contributed by atoms with van der Waals surface area (Å²) in [5.74, 6) is 1.50. The smallest absolute Gasteiger partial charge is 0.256 e. The van der Waals surface area contributed by atoms with Gasteiger partial charge in [-0.25, -0.2) is 9.37 Å². The minimum Gasteiger partial charge on any atom is -0.478 e. The molecule has 3 aromatic heterocycles. The summed E-state index contributed by atoms with van der Waals surface area (Å²) in [6.45, 7) is 14.1. The van der Waals surface area contributed by atoms with Crippen molar-refractivity contribution in [1.29, 1.82) is 0 Å². The number of imidazole rings is 1. The lowest BCUT2D eigenvalue weighted by molar-refractivity contribution is 0.364. The molecule has 0 aromatic carbocycles. The molecule has 11 heteroatoms. The molecule has 33 heavy (non-hydrogen) atoms. The van der Waals surface area contributed by atoms with Gasteiger partial charge in [0.1, 0.15) is 11.9 Å². The maximum atomic E-state index is 13.7. The van der Waals surface area contributed by atoms with Crippen LogP contribution in [0.25, 0.3) is 11.2 Å². The fourth-order valence-corrected chi connectivity index (χ4v) is 3.24. The number of nitrogens with two attached hydrogens (primary N) is 1. The van der Waals surface area contributed by atoms with Crippen molar-refractivity contribution in [3.05, 3.63) is 24.8 Å². The standard InChI is InChI=1S/C17H23FN8O.C3H7N.C2H6/c1-10(2)26-9-19-13-14(20-12-8-24(3)23-16(12)27-4)21-17(22-15(13)26)25-6-5-11(18)7-25;1-3(2)4;1-2/h8-11H,5-7H2,1-4H3,(H,20,21,22);1,4H2,2H3;1-2H3. The molecular formula is C22H36FN9O. The van der Waals surface area contributed by atoms with Crippen LogP contribution >= 0.6 is 0 Å². The molecule has 3 N–H and O–H groups in total. The number of fused-ring (bicyclic) bond motifs is 1. The highest BCUT2D eigenvalue weighted by Crippen LogP contribution is 2.31. The van der Waals surface area contributed by atoms with E-state index in [9.17, 15) is 4.39 Å². The molecule has 1 aliphatic heterocycles. The minimum atomic E-state index is -0.853. The summed E-state index contributed by atoms with van der Waals surface area (Å²) >= 11 is 0. The van der Waals surface area contributed by atoms with Crippen LogP contribution < -0.4 is 20.7 Å². The molecule has 1 fully saturated rings. The highest BCUT2D eigenvalue weighted by atomic mass is 19.1. The Balaban J connectivity index is 0.000000582. The lowest BCUT2D eigenvalue weighted by Gasteiger charge is -2.17. The SMILES string of the molecule is C=C(C)N.CC.COc1nn(C)cc1Nc1nc(N2CCC(F)C2)nc2c1ncn2C(C)C. The van der Waals surface area contributed by atoms with Crippen molar-refractivity contribution in [2.24, 2.45) is 12.8 Å². The van der Waals surface area contributed by atoms with Crippen LogP contribution in [0.1, 0.15) is 47.1 Å². The predicted molar refractivity (Wildman–Crippen MR) is 131 cm³/mol. The van der Waals surface area contributed by atoms with E-state index in [1.165, 1.54) is 0 Å². The molecule has 0 bridgehead atoms. The van der Waals surface area contributed by atoms with Gasteiger partial charge in [-0.15, -0.1) is 5.10 Å². The average molecular weight is 462 g/mol. The Kier molecular flexibility index (Phi) is 9.01. The number of rotatable bonds is 5. The molecule has 0 spiro atoms. The second-order valence-electron chi connectivity index (χ2n) is 7.82. The number of hydrogen-bond acceptors (Lipinski definition) is 8. The van der Waals surface area contributed by atoms with Crippen molar-refractivity contribution >= 4 is 28.6 Å². The fraction of sp³-hybridized carbons (Fsp3) is 0.545. The summed E-state index contributed by atoms with van der Waals surface area (Å²) in [5, 5.41) is 7.51. The highest BCUT2D eigenvalue weighted by Gasteiger charge is 2.26. The van der Waals surface area contributed by atoms with E-state index in [4.69, 9.17) is 10.5 Å². The van der Waals surface area contributed by atoms with Gasteiger partial charge in [-0.1, -0.05) is 20.4 Å². The van der Waals surface area contributed by atoms with E-state index in [0.29, 0.717) is 59.7 Å². The normalized spacial score (nSPS) is 15.1. The zero-order chi connectivity index (χ0) is 24.7. The van der Waals surface area contributed by atoms with Crippen molar-refractivity contribution in [1.82, 2.24) is 29.3 Å². The second kappa shape index (κ2) is 11.5. The maximum Gasteiger partial charge on any atom is 0.256 e. The quantitative estimate of drug-likeness (QED) is 0.587. The van der Waals surface area contributed by atoms with E-state index in [0.717, 1.165) is 0 Å². The summed E-state index contributed by atoms with van der Waals surface area (Å²) in [6.07, 6.45) is 3.19. The maximum absolute atomic E-state index is 13.7. The van der Waals surface area contributed by atoms with Crippen LogP contribution in [0.3, 0.4) is 0 Å². The number of ether oxygens (including phenoxy) is 1. The van der Waals surface area contributed by atoms with E-state index in [1.54, 1.807) is 31.2 Å². The third-order valence-electron chi connectivity index (χ3n) is 4.62. The zero-order valence-corrected chi connectivity index (χ0v) is 20.6. The predicted octanol–water partition coefficient (Wildman–Crippen LogP) is 3.95. The van der Waals surface area contributed by atoms with Gasteiger partial charge in [0.05, 0.1) is 26.2 Å². The van der Waals surface area contributed by atoms with Crippen molar-refractivity contribution in [3.8, 4) is 5.88 Å². The van der Waals surface area contributed by atoms with E-state index >= 15 is 0 Å². The number of aryl methyl sites for hydroxylation is 1. The number of anilines is 3.